The van der Waals surface area contributed by atoms with Gasteiger partial charge in [-0.15, -0.1) is 0 Å². The molecule has 1 fully saturated rings. The van der Waals surface area contributed by atoms with Crippen LogP contribution in [-0.4, -0.2) is 49.2 Å². The van der Waals surface area contributed by atoms with E-state index in [9.17, 15) is 4.39 Å². The van der Waals surface area contributed by atoms with Crippen molar-refractivity contribution in [2.24, 2.45) is 0 Å². The van der Waals surface area contributed by atoms with Gasteiger partial charge in [0, 0.05) is 49.7 Å². The number of nitrogens with zero attached hydrogens (tertiary/aromatic N) is 2. The third kappa shape index (κ3) is 3.84. The highest BCUT2D eigenvalue weighted by Gasteiger charge is 2.23. The summed E-state index contributed by atoms with van der Waals surface area (Å²) in [5, 5.41) is 1.02. The maximum atomic E-state index is 13.5. The summed E-state index contributed by atoms with van der Waals surface area (Å²) in [6, 6.07) is 11.5. The van der Waals surface area contributed by atoms with E-state index in [1.54, 1.807) is 6.07 Å². The van der Waals surface area contributed by atoms with Gasteiger partial charge in [0.2, 0.25) is 0 Å². The molecule has 0 atom stereocenters. The zero-order valence-corrected chi connectivity index (χ0v) is 16.8. The van der Waals surface area contributed by atoms with E-state index >= 15 is 0 Å². The monoisotopic (exact) mass is 393 g/mol. The van der Waals surface area contributed by atoms with Gasteiger partial charge >= 0.3 is 0 Å². The molecule has 0 saturated carbocycles. The number of ether oxygens (including phenoxy) is 1. The molecule has 0 radical (unpaired) electrons. The number of rotatable bonds is 6. The summed E-state index contributed by atoms with van der Waals surface area (Å²) < 4.78 is 19.4. The highest BCUT2D eigenvalue weighted by atomic mass is 19.1. The van der Waals surface area contributed by atoms with Crippen LogP contribution in [0.25, 0.3) is 10.9 Å². The van der Waals surface area contributed by atoms with Gasteiger partial charge in [-0.1, -0.05) is 12.1 Å². The Labute approximate surface area is 171 Å². The molecule has 0 aliphatic carbocycles. The van der Waals surface area contributed by atoms with Crippen molar-refractivity contribution in [2.45, 2.75) is 25.7 Å². The van der Waals surface area contributed by atoms with E-state index in [-0.39, 0.29) is 5.82 Å². The molecular formula is C24H28FN3O. The molecule has 0 spiro atoms. The van der Waals surface area contributed by atoms with Crippen LogP contribution >= 0.6 is 0 Å². The van der Waals surface area contributed by atoms with Crippen molar-refractivity contribution in [3.05, 3.63) is 59.5 Å². The van der Waals surface area contributed by atoms with Crippen LogP contribution in [0, 0.1) is 5.82 Å². The second kappa shape index (κ2) is 8.07. The van der Waals surface area contributed by atoms with Crippen LogP contribution in [0.1, 0.15) is 24.0 Å². The van der Waals surface area contributed by atoms with Crippen LogP contribution < -0.4 is 9.64 Å². The predicted molar refractivity (Wildman–Crippen MR) is 115 cm³/mol. The van der Waals surface area contributed by atoms with Gasteiger partial charge < -0.3 is 14.6 Å². The van der Waals surface area contributed by atoms with Gasteiger partial charge in [0.15, 0.2) is 0 Å². The summed E-state index contributed by atoms with van der Waals surface area (Å²) >= 11 is 0. The number of halogens is 1. The van der Waals surface area contributed by atoms with E-state index in [1.807, 2.05) is 12.3 Å². The van der Waals surface area contributed by atoms with Crippen LogP contribution in [0.5, 0.6) is 5.75 Å². The number of aryl methyl sites for hydroxylation is 1. The summed E-state index contributed by atoms with van der Waals surface area (Å²) in [6.45, 7) is 6.26. The van der Waals surface area contributed by atoms with Crippen molar-refractivity contribution in [1.82, 2.24) is 9.88 Å². The first-order chi connectivity index (χ1) is 14.3. The molecular weight excluding hydrogens is 365 g/mol. The molecule has 29 heavy (non-hydrogen) atoms. The molecule has 2 aromatic carbocycles. The molecule has 3 aromatic rings. The molecule has 3 heterocycles. The van der Waals surface area contributed by atoms with Gasteiger partial charge in [-0.3, -0.25) is 4.90 Å². The van der Waals surface area contributed by atoms with E-state index in [1.165, 1.54) is 29.3 Å². The zero-order chi connectivity index (χ0) is 19.6. The third-order valence-electron chi connectivity index (χ3n) is 6.31. The number of benzene rings is 2. The van der Waals surface area contributed by atoms with Gasteiger partial charge in [-0.05, 0) is 61.2 Å². The quantitative estimate of drug-likeness (QED) is 0.631. The molecule has 1 aromatic heterocycles. The smallest absolute Gasteiger partial charge is 0.145 e. The SMILES string of the molecule is Fc1ccc2[nH]cc(CCCCN3CCN(c4cccc5c4OCC5)CC3)c2c1. The van der Waals surface area contributed by atoms with Crippen molar-refractivity contribution in [3.63, 3.8) is 0 Å². The molecule has 1 saturated heterocycles. The molecule has 2 aliphatic rings. The van der Waals surface area contributed by atoms with E-state index in [4.69, 9.17) is 4.74 Å². The van der Waals surface area contributed by atoms with Crippen molar-refractivity contribution >= 4 is 16.6 Å². The Kier molecular flexibility index (Phi) is 5.15. The van der Waals surface area contributed by atoms with Crippen LogP contribution in [0.15, 0.2) is 42.6 Å². The molecule has 1 N–H and O–H groups in total. The number of hydrogen-bond acceptors (Lipinski definition) is 3. The first-order valence-electron chi connectivity index (χ1n) is 10.8. The number of fused-ring (bicyclic) bond motifs is 2. The summed E-state index contributed by atoms with van der Waals surface area (Å²) in [5.41, 5.74) is 4.87. The fraction of sp³-hybridized carbons (Fsp3) is 0.417. The van der Waals surface area contributed by atoms with Crippen molar-refractivity contribution in [2.75, 3.05) is 44.2 Å². The molecule has 152 valence electrons. The molecule has 5 rings (SSSR count). The molecule has 0 amide bonds. The first-order valence-corrected chi connectivity index (χ1v) is 10.8. The summed E-state index contributed by atoms with van der Waals surface area (Å²) in [6.07, 6.45) is 6.36. The van der Waals surface area contributed by atoms with E-state index in [2.05, 4.69) is 33.0 Å². The maximum Gasteiger partial charge on any atom is 0.145 e. The minimum absolute atomic E-state index is 0.161. The van der Waals surface area contributed by atoms with Crippen molar-refractivity contribution < 1.29 is 9.13 Å². The predicted octanol–water partition coefficient (Wildman–Crippen LogP) is 4.39. The first kappa shape index (κ1) is 18.5. The lowest BCUT2D eigenvalue weighted by Crippen LogP contribution is -2.46. The number of anilines is 1. The Balaban J connectivity index is 1.10. The van der Waals surface area contributed by atoms with Crippen LogP contribution in [-0.2, 0) is 12.8 Å². The topological polar surface area (TPSA) is 31.5 Å². The molecule has 0 unspecified atom stereocenters. The average Bonchev–Trinajstić information content (AvgIpc) is 3.38. The van der Waals surface area contributed by atoms with Crippen molar-refractivity contribution in [1.29, 1.82) is 0 Å². The fourth-order valence-electron chi connectivity index (χ4n) is 4.67. The largest absolute Gasteiger partial charge is 0.491 e. The number of aromatic amines is 1. The highest BCUT2D eigenvalue weighted by molar-refractivity contribution is 5.83. The Hall–Kier alpha value is -2.53. The minimum Gasteiger partial charge on any atom is -0.491 e. The maximum absolute atomic E-state index is 13.5. The Morgan fingerprint density at radius 1 is 1.03 bits per heavy atom. The number of nitrogens with one attached hydrogen (secondary N) is 1. The number of H-pyrrole nitrogens is 1. The lowest BCUT2D eigenvalue weighted by Gasteiger charge is -2.36. The van der Waals surface area contributed by atoms with Gasteiger partial charge in [0.25, 0.3) is 0 Å². The average molecular weight is 394 g/mol. The molecule has 4 nitrogen and oxygen atoms in total. The van der Waals surface area contributed by atoms with Crippen molar-refractivity contribution in [3.8, 4) is 5.75 Å². The van der Waals surface area contributed by atoms with Crippen LogP contribution in [0.4, 0.5) is 10.1 Å². The lowest BCUT2D eigenvalue weighted by atomic mass is 10.1. The molecule has 0 bridgehead atoms. The Bertz CT molecular complexity index is 991. The number of unbranched alkanes of at least 4 members (excludes halogenated alkanes) is 1. The summed E-state index contributed by atoms with van der Waals surface area (Å²) in [5.74, 6) is 0.946. The number of aromatic nitrogens is 1. The summed E-state index contributed by atoms with van der Waals surface area (Å²) in [4.78, 5) is 8.29. The zero-order valence-electron chi connectivity index (χ0n) is 16.8. The van der Waals surface area contributed by atoms with E-state index in [0.717, 1.165) is 75.2 Å². The van der Waals surface area contributed by atoms with Crippen LogP contribution in [0.2, 0.25) is 0 Å². The summed E-state index contributed by atoms with van der Waals surface area (Å²) in [7, 11) is 0. The Morgan fingerprint density at radius 2 is 1.93 bits per heavy atom. The van der Waals surface area contributed by atoms with Gasteiger partial charge in [-0.25, -0.2) is 4.39 Å². The Morgan fingerprint density at radius 3 is 2.83 bits per heavy atom. The number of hydrogen-bond donors (Lipinski definition) is 1. The third-order valence-corrected chi connectivity index (χ3v) is 6.31. The number of piperazine rings is 1. The van der Waals surface area contributed by atoms with Gasteiger partial charge in [-0.2, -0.15) is 0 Å². The number of para-hydroxylation sites is 1. The highest BCUT2D eigenvalue weighted by Crippen LogP contribution is 2.36. The molecule has 5 heteroatoms. The van der Waals surface area contributed by atoms with Gasteiger partial charge in [0.05, 0.1) is 12.3 Å². The van der Waals surface area contributed by atoms with E-state index in [0.29, 0.717) is 0 Å². The normalized spacial score (nSPS) is 16.9. The second-order valence-corrected chi connectivity index (χ2v) is 8.15. The second-order valence-electron chi connectivity index (χ2n) is 8.15. The van der Waals surface area contributed by atoms with E-state index < -0.39 is 0 Å². The molecule has 2 aliphatic heterocycles. The lowest BCUT2D eigenvalue weighted by molar-refractivity contribution is 0.252. The fourth-order valence-corrected chi connectivity index (χ4v) is 4.67. The van der Waals surface area contributed by atoms with Crippen LogP contribution in [0.3, 0.4) is 0 Å². The standard InChI is InChI=1S/C24H28FN3O/c25-20-7-8-22-21(16-20)19(17-26-22)4-1-2-10-27-11-13-28(14-12-27)23-6-3-5-18-9-15-29-24(18)23/h3,5-8,16-17,26H,1-2,4,9-15H2. The minimum atomic E-state index is -0.161. The van der Waals surface area contributed by atoms with Gasteiger partial charge in [0.1, 0.15) is 11.6 Å².